The van der Waals surface area contributed by atoms with Crippen LogP contribution in [0.4, 0.5) is 13.2 Å². The predicted octanol–water partition coefficient (Wildman–Crippen LogP) is 4.60. The Labute approximate surface area is 99.2 Å². The Morgan fingerprint density at radius 2 is 1.76 bits per heavy atom. The van der Waals surface area contributed by atoms with E-state index in [0.717, 1.165) is 36.5 Å². The summed E-state index contributed by atoms with van der Waals surface area (Å²) in [5, 5.41) is 0. The first-order valence-electron chi connectivity index (χ1n) is 5.88. The normalized spacial score (nSPS) is 16.6. The zero-order chi connectivity index (χ0) is 12.3. The number of rotatable bonds is 4. The minimum Gasteiger partial charge on any atom is -0.166 e. The summed E-state index contributed by atoms with van der Waals surface area (Å²) in [7, 11) is 0. The summed E-state index contributed by atoms with van der Waals surface area (Å²) in [5.74, 6) is 0.766. The Hall–Kier alpha value is -1.25. The Bertz CT molecular complexity index is 383. The summed E-state index contributed by atoms with van der Waals surface area (Å²) < 4.78 is 36.9. The van der Waals surface area contributed by atoms with Gasteiger partial charge in [-0.15, -0.1) is 0 Å². The van der Waals surface area contributed by atoms with Gasteiger partial charge in [0.2, 0.25) is 0 Å². The molecule has 2 rings (SSSR count). The molecule has 0 aliphatic heterocycles. The van der Waals surface area contributed by atoms with Crippen LogP contribution in [0.15, 0.2) is 36.4 Å². The zero-order valence-electron chi connectivity index (χ0n) is 9.50. The van der Waals surface area contributed by atoms with Crippen molar-refractivity contribution < 1.29 is 13.2 Å². The molecule has 1 saturated carbocycles. The molecule has 3 heteroatoms. The van der Waals surface area contributed by atoms with Gasteiger partial charge in [0, 0.05) is 0 Å². The van der Waals surface area contributed by atoms with Crippen molar-refractivity contribution in [2.24, 2.45) is 5.92 Å². The van der Waals surface area contributed by atoms with Crippen molar-refractivity contribution in [2.45, 2.75) is 31.9 Å². The summed E-state index contributed by atoms with van der Waals surface area (Å²) in [6, 6.07) is 5.43. The fourth-order valence-electron chi connectivity index (χ4n) is 1.69. The Morgan fingerprint density at radius 1 is 1.12 bits per heavy atom. The minimum atomic E-state index is -4.23. The molecule has 1 aromatic carbocycles. The lowest BCUT2D eigenvalue weighted by atomic mass is 10.1. The average molecular weight is 240 g/mol. The van der Waals surface area contributed by atoms with Crippen LogP contribution < -0.4 is 0 Å². The first kappa shape index (κ1) is 12.2. The third-order valence-electron chi connectivity index (χ3n) is 2.91. The van der Waals surface area contributed by atoms with Gasteiger partial charge in [-0.3, -0.25) is 0 Å². The molecule has 0 aromatic heterocycles. The maximum absolute atomic E-state index is 12.3. The third-order valence-corrected chi connectivity index (χ3v) is 2.91. The van der Waals surface area contributed by atoms with Gasteiger partial charge in [0.1, 0.15) is 0 Å². The predicted molar refractivity (Wildman–Crippen MR) is 61.6 cm³/mol. The quantitative estimate of drug-likeness (QED) is 0.674. The van der Waals surface area contributed by atoms with Gasteiger partial charge in [-0.1, -0.05) is 24.3 Å². The molecule has 0 radical (unpaired) electrons. The SMILES string of the molecule is FC(F)(F)c1ccc(CC/C=C/C2CC2)cc1. The highest BCUT2D eigenvalue weighted by molar-refractivity contribution is 5.24. The van der Waals surface area contributed by atoms with Crippen molar-refractivity contribution in [1.29, 1.82) is 0 Å². The second-order valence-electron chi connectivity index (χ2n) is 4.50. The fourth-order valence-corrected chi connectivity index (χ4v) is 1.69. The number of alkyl halides is 3. The van der Waals surface area contributed by atoms with E-state index in [4.69, 9.17) is 0 Å². The first-order chi connectivity index (χ1) is 8.05. The van der Waals surface area contributed by atoms with Gasteiger partial charge in [-0.05, 0) is 49.3 Å². The summed E-state index contributed by atoms with van der Waals surface area (Å²) in [4.78, 5) is 0. The molecule has 0 N–H and O–H groups in total. The molecule has 0 amide bonds. The summed E-state index contributed by atoms with van der Waals surface area (Å²) in [6.07, 6.45) is 4.40. The molecule has 0 atom stereocenters. The van der Waals surface area contributed by atoms with Crippen LogP contribution in [0.5, 0.6) is 0 Å². The lowest BCUT2D eigenvalue weighted by molar-refractivity contribution is -0.137. The van der Waals surface area contributed by atoms with Gasteiger partial charge in [0.15, 0.2) is 0 Å². The lowest BCUT2D eigenvalue weighted by Crippen LogP contribution is -2.04. The van der Waals surface area contributed by atoms with Crippen molar-refractivity contribution in [2.75, 3.05) is 0 Å². The van der Waals surface area contributed by atoms with Gasteiger partial charge < -0.3 is 0 Å². The molecule has 1 aliphatic rings. The number of halogens is 3. The van der Waals surface area contributed by atoms with E-state index < -0.39 is 11.7 Å². The van der Waals surface area contributed by atoms with Crippen LogP contribution in [-0.2, 0) is 12.6 Å². The van der Waals surface area contributed by atoms with E-state index in [1.165, 1.54) is 12.8 Å². The smallest absolute Gasteiger partial charge is 0.166 e. The van der Waals surface area contributed by atoms with Crippen LogP contribution in [0.25, 0.3) is 0 Å². The van der Waals surface area contributed by atoms with E-state index >= 15 is 0 Å². The first-order valence-corrected chi connectivity index (χ1v) is 5.88. The molecule has 0 spiro atoms. The maximum Gasteiger partial charge on any atom is 0.416 e. The number of hydrogen-bond donors (Lipinski definition) is 0. The molecular weight excluding hydrogens is 225 g/mol. The largest absolute Gasteiger partial charge is 0.416 e. The number of benzene rings is 1. The molecule has 1 aliphatic carbocycles. The highest BCUT2D eigenvalue weighted by Gasteiger charge is 2.29. The molecule has 1 fully saturated rings. The van der Waals surface area contributed by atoms with Crippen molar-refractivity contribution >= 4 is 0 Å². The Kier molecular flexibility index (Phi) is 3.55. The van der Waals surface area contributed by atoms with Crippen molar-refractivity contribution in [3.63, 3.8) is 0 Å². The van der Waals surface area contributed by atoms with E-state index in [2.05, 4.69) is 12.2 Å². The molecule has 0 saturated heterocycles. The van der Waals surface area contributed by atoms with Gasteiger partial charge in [-0.25, -0.2) is 0 Å². The second-order valence-corrected chi connectivity index (χ2v) is 4.50. The monoisotopic (exact) mass is 240 g/mol. The van der Waals surface area contributed by atoms with Crippen LogP contribution in [0, 0.1) is 5.92 Å². The van der Waals surface area contributed by atoms with Crippen LogP contribution >= 0.6 is 0 Å². The van der Waals surface area contributed by atoms with Crippen LogP contribution in [-0.4, -0.2) is 0 Å². The minimum absolute atomic E-state index is 0.574. The highest BCUT2D eigenvalue weighted by atomic mass is 19.4. The van der Waals surface area contributed by atoms with E-state index in [1.807, 2.05) is 0 Å². The molecule has 0 nitrogen and oxygen atoms in total. The Balaban J connectivity index is 1.84. The number of aryl methyl sites for hydroxylation is 1. The van der Waals surface area contributed by atoms with Crippen molar-refractivity contribution in [1.82, 2.24) is 0 Å². The Morgan fingerprint density at radius 3 is 2.29 bits per heavy atom. The maximum atomic E-state index is 12.3. The van der Waals surface area contributed by atoms with Gasteiger partial charge in [-0.2, -0.15) is 13.2 Å². The second kappa shape index (κ2) is 4.94. The van der Waals surface area contributed by atoms with E-state index in [9.17, 15) is 13.2 Å². The molecule has 0 unspecified atom stereocenters. The molecular formula is C14H15F3. The molecule has 17 heavy (non-hydrogen) atoms. The lowest BCUT2D eigenvalue weighted by Gasteiger charge is -2.06. The molecule has 1 aromatic rings. The van der Waals surface area contributed by atoms with Gasteiger partial charge >= 0.3 is 6.18 Å². The fraction of sp³-hybridized carbons (Fsp3) is 0.429. The van der Waals surface area contributed by atoms with E-state index in [0.29, 0.717) is 0 Å². The zero-order valence-corrected chi connectivity index (χ0v) is 9.50. The van der Waals surface area contributed by atoms with E-state index in [-0.39, 0.29) is 0 Å². The summed E-state index contributed by atoms with van der Waals surface area (Å²) in [6.45, 7) is 0. The molecule has 0 bridgehead atoms. The molecule has 0 heterocycles. The average Bonchev–Trinajstić information content (AvgIpc) is 3.08. The standard InChI is InChI=1S/C14H15F3/c15-14(16,17)13-9-7-12(8-10-13)4-2-1-3-11-5-6-11/h1,3,7-11H,2,4-6H2/b3-1+. The van der Waals surface area contributed by atoms with Gasteiger partial charge in [0.05, 0.1) is 5.56 Å². The summed E-state index contributed by atoms with van der Waals surface area (Å²) in [5.41, 5.74) is 0.383. The van der Waals surface area contributed by atoms with Gasteiger partial charge in [0.25, 0.3) is 0 Å². The highest BCUT2D eigenvalue weighted by Crippen LogP contribution is 2.30. The van der Waals surface area contributed by atoms with Crippen molar-refractivity contribution in [3.05, 3.63) is 47.5 Å². The third kappa shape index (κ3) is 3.91. The van der Waals surface area contributed by atoms with E-state index in [1.54, 1.807) is 12.1 Å². The molecule has 92 valence electrons. The number of allylic oxidation sites excluding steroid dienone is 2. The van der Waals surface area contributed by atoms with Crippen LogP contribution in [0.2, 0.25) is 0 Å². The number of hydrogen-bond acceptors (Lipinski definition) is 0. The summed E-state index contributed by atoms with van der Waals surface area (Å²) >= 11 is 0. The van der Waals surface area contributed by atoms with Crippen molar-refractivity contribution in [3.8, 4) is 0 Å². The van der Waals surface area contributed by atoms with Crippen LogP contribution in [0.1, 0.15) is 30.4 Å². The van der Waals surface area contributed by atoms with Crippen LogP contribution in [0.3, 0.4) is 0 Å². The topological polar surface area (TPSA) is 0 Å².